The summed E-state index contributed by atoms with van der Waals surface area (Å²) in [6.07, 6.45) is 3.18. The van der Waals surface area contributed by atoms with Crippen LogP contribution in [0.25, 0.3) is 0 Å². The second kappa shape index (κ2) is 9.41. The fourth-order valence-electron chi connectivity index (χ4n) is 5.95. The van der Waals surface area contributed by atoms with Crippen molar-refractivity contribution >= 4 is 31.7 Å². The minimum absolute atomic E-state index is 0.00331. The molecule has 2 saturated heterocycles. The second-order valence-electron chi connectivity index (χ2n) is 10.5. The van der Waals surface area contributed by atoms with Crippen molar-refractivity contribution in [2.24, 2.45) is 11.3 Å². The molecule has 202 valence electrons. The molecule has 0 spiro atoms. The Balaban J connectivity index is 1.57. The monoisotopic (exact) mass is 558 g/mol. The van der Waals surface area contributed by atoms with Gasteiger partial charge in [-0.15, -0.1) is 0 Å². The number of amides is 1. The van der Waals surface area contributed by atoms with Crippen molar-refractivity contribution in [1.29, 1.82) is 0 Å². The van der Waals surface area contributed by atoms with Gasteiger partial charge in [0.1, 0.15) is 5.72 Å². The largest absolute Gasteiger partial charge is 0.358 e. The molecule has 1 aliphatic carbocycles. The second-order valence-corrected chi connectivity index (χ2v) is 14.1. The number of allylic oxidation sites excluding steroid dienone is 1. The number of hydrogen-bond donors (Lipinski definition) is 0. The molecule has 0 radical (unpaired) electrons. The molecule has 2 heterocycles. The summed E-state index contributed by atoms with van der Waals surface area (Å²) in [7, 11) is -8.18. The first-order chi connectivity index (χ1) is 17.9. The van der Waals surface area contributed by atoms with Gasteiger partial charge in [0.2, 0.25) is 15.9 Å². The van der Waals surface area contributed by atoms with Gasteiger partial charge in [-0.2, -0.15) is 4.31 Å². The Morgan fingerprint density at radius 3 is 2.08 bits per heavy atom. The standard InChI is InChI=1S/C27H30N2O7S2/c1-26(2)29(38(34,35)24-11-7-4-8-12-24)21(19-36-26)18-27-15-13-22(30)17-20(27)14-16-28(25(27)31)37(32,33)23-9-5-3-6-10-23/h3-13,15,20-21H,14,16-19H2,1-2H3/t20-,21+,27-/m0/s1. The van der Waals surface area contributed by atoms with E-state index in [1.54, 1.807) is 50.2 Å². The predicted molar refractivity (Wildman–Crippen MR) is 139 cm³/mol. The zero-order valence-corrected chi connectivity index (χ0v) is 22.8. The number of sulfonamides is 2. The van der Waals surface area contributed by atoms with Crippen molar-refractivity contribution in [3.05, 3.63) is 72.8 Å². The fourth-order valence-corrected chi connectivity index (χ4v) is 9.33. The molecule has 1 amide bonds. The zero-order chi connectivity index (χ0) is 27.3. The molecule has 0 unspecified atom stereocenters. The smallest absolute Gasteiger partial charge is 0.266 e. The Bertz CT molecular complexity index is 1490. The molecule has 0 saturated carbocycles. The molecule has 3 atom stereocenters. The number of carbonyl (C=O) groups excluding carboxylic acids is 2. The fraction of sp³-hybridized carbons (Fsp3) is 0.407. The van der Waals surface area contributed by atoms with Crippen LogP contribution in [0.4, 0.5) is 0 Å². The van der Waals surface area contributed by atoms with Crippen LogP contribution in [0.15, 0.2) is 82.6 Å². The van der Waals surface area contributed by atoms with E-state index in [1.165, 1.54) is 40.7 Å². The maximum Gasteiger partial charge on any atom is 0.266 e. The van der Waals surface area contributed by atoms with E-state index in [9.17, 15) is 26.4 Å². The van der Waals surface area contributed by atoms with E-state index >= 15 is 0 Å². The summed E-state index contributed by atoms with van der Waals surface area (Å²) in [5.41, 5.74) is -2.58. The highest BCUT2D eigenvalue weighted by molar-refractivity contribution is 7.89. The highest BCUT2D eigenvalue weighted by atomic mass is 32.2. The van der Waals surface area contributed by atoms with E-state index in [2.05, 4.69) is 0 Å². The van der Waals surface area contributed by atoms with Gasteiger partial charge < -0.3 is 4.74 Å². The topological polar surface area (TPSA) is 118 Å². The number of rotatable bonds is 6. The summed E-state index contributed by atoms with van der Waals surface area (Å²) in [5, 5.41) is 0. The highest BCUT2D eigenvalue weighted by Gasteiger charge is 2.58. The molecule has 0 aromatic heterocycles. The normalized spacial score (nSPS) is 27.9. The van der Waals surface area contributed by atoms with Crippen LogP contribution in [0.2, 0.25) is 0 Å². The molecule has 0 bridgehead atoms. The summed E-state index contributed by atoms with van der Waals surface area (Å²) in [5.74, 6) is -1.25. The Hall–Kier alpha value is -2.86. The molecule has 2 aromatic rings. The number of nitrogens with zero attached hydrogens (tertiary/aromatic N) is 2. The SMILES string of the molecule is CC1(C)OC[C@@H](C[C@@]23C=CC(=O)C[C@@H]2CCN(S(=O)(=O)c2ccccc2)C3=O)N1S(=O)(=O)c1ccccc1. The van der Waals surface area contributed by atoms with Gasteiger partial charge in [-0.25, -0.2) is 21.1 Å². The van der Waals surface area contributed by atoms with Crippen molar-refractivity contribution in [2.75, 3.05) is 13.2 Å². The van der Waals surface area contributed by atoms with Crippen LogP contribution in [0.1, 0.15) is 33.1 Å². The zero-order valence-electron chi connectivity index (χ0n) is 21.2. The number of ketones is 1. The van der Waals surface area contributed by atoms with Gasteiger partial charge in [-0.3, -0.25) is 9.59 Å². The van der Waals surface area contributed by atoms with Gasteiger partial charge in [-0.1, -0.05) is 42.5 Å². The molecule has 2 fully saturated rings. The number of fused-ring (bicyclic) bond motifs is 1. The molecule has 0 N–H and O–H groups in total. The molecule has 38 heavy (non-hydrogen) atoms. The number of piperidine rings is 1. The molecule has 2 aliphatic heterocycles. The summed E-state index contributed by atoms with van der Waals surface area (Å²) in [4.78, 5) is 26.6. The van der Waals surface area contributed by atoms with Crippen molar-refractivity contribution in [1.82, 2.24) is 8.61 Å². The maximum atomic E-state index is 14.2. The summed E-state index contributed by atoms with van der Waals surface area (Å²) in [6, 6.07) is 14.9. The van der Waals surface area contributed by atoms with Crippen LogP contribution < -0.4 is 0 Å². The Morgan fingerprint density at radius 1 is 0.895 bits per heavy atom. The van der Waals surface area contributed by atoms with E-state index in [1.807, 2.05) is 0 Å². The van der Waals surface area contributed by atoms with E-state index in [-0.39, 0.29) is 48.0 Å². The van der Waals surface area contributed by atoms with Crippen LogP contribution in [0.3, 0.4) is 0 Å². The molecular weight excluding hydrogens is 528 g/mol. The molecule has 2 aromatic carbocycles. The number of hydrogen-bond acceptors (Lipinski definition) is 7. The van der Waals surface area contributed by atoms with Crippen molar-refractivity contribution in [3.8, 4) is 0 Å². The van der Waals surface area contributed by atoms with Crippen LogP contribution in [0, 0.1) is 11.3 Å². The van der Waals surface area contributed by atoms with Gasteiger partial charge in [0.15, 0.2) is 5.78 Å². The third-order valence-corrected chi connectivity index (χ3v) is 11.7. The van der Waals surface area contributed by atoms with Crippen LogP contribution in [-0.4, -0.2) is 62.1 Å². The minimum Gasteiger partial charge on any atom is -0.358 e. The Kier molecular flexibility index (Phi) is 6.62. The average molecular weight is 559 g/mol. The van der Waals surface area contributed by atoms with Gasteiger partial charge in [0.25, 0.3) is 10.0 Å². The van der Waals surface area contributed by atoms with Crippen molar-refractivity contribution in [3.63, 3.8) is 0 Å². The lowest BCUT2D eigenvalue weighted by atomic mass is 9.63. The average Bonchev–Trinajstić information content (AvgIpc) is 3.20. The lowest BCUT2D eigenvalue weighted by molar-refractivity contribution is -0.144. The molecule has 5 rings (SSSR count). The van der Waals surface area contributed by atoms with E-state index in [0.717, 1.165) is 4.31 Å². The van der Waals surface area contributed by atoms with Crippen molar-refractivity contribution < 1.29 is 31.2 Å². The number of carbonyl (C=O) groups is 2. The van der Waals surface area contributed by atoms with Gasteiger partial charge in [-0.05, 0) is 62.9 Å². The first-order valence-corrected chi connectivity index (χ1v) is 15.4. The number of benzene rings is 2. The maximum absolute atomic E-state index is 14.2. The van der Waals surface area contributed by atoms with Gasteiger partial charge >= 0.3 is 0 Å². The third-order valence-electron chi connectivity index (χ3n) is 7.74. The Labute approximate surface area is 223 Å². The third kappa shape index (κ3) is 4.31. The van der Waals surface area contributed by atoms with Gasteiger partial charge in [0, 0.05) is 13.0 Å². The summed E-state index contributed by atoms with van der Waals surface area (Å²) in [6.45, 7) is 3.27. The first kappa shape index (κ1) is 26.7. The quantitative estimate of drug-likeness (QED) is 0.535. The Morgan fingerprint density at radius 2 is 1.47 bits per heavy atom. The highest BCUT2D eigenvalue weighted by Crippen LogP contribution is 2.50. The van der Waals surface area contributed by atoms with Crippen LogP contribution in [-0.2, 0) is 34.4 Å². The lowest BCUT2D eigenvalue weighted by Crippen LogP contribution is -2.58. The summed E-state index contributed by atoms with van der Waals surface area (Å²) < 4.78 is 62.7. The summed E-state index contributed by atoms with van der Waals surface area (Å²) >= 11 is 0. The lowest BCUT2D eigenvalue weighted by Gasteiger charge is -2.48. The van der Waals surface area contributed by atoms with Gasteiger partial charge in [0.05, 0.1) is 27.9 Å². The molecule has 11 heteroatoms. The molecular formula is C27H30N2O7S2. The molecule has 3 aliphatic rings. The van der Waals surface area contributed by atoms with E-state index < -0.39 is 49.1 Å². The number of ether oxygens (including phenoxy) is 1. The predicted octanol–water partition coefficient (Wildman–Crippen LogP) is 2.96. The van der Waals surface area contributed by atoms with Crippen molar-refractivity contribution in [2.45, 2.75) is 54.7 Å². The van der Waals surface area contributed by atoms with E-state index in [4.69, 9.17) is 4.74 Å². The molecule has 9 nitrogen and oxygen atoms in total. The minimum atomic E-state index is -4.15. The van der Waals surface area contributed by atoms with E-state index in [0.29, 0.717) is 0 Å². The van der Waals surface area contributed by atoms with Crippen LogP contribution >= 0.6 is 0 Å². The first-order valence-electron chi connectivity index (χ1n) is 12.5. The van der Waals surface area contributed by atoms with Crippen LogP contribution in [0.5, 0.6) is 0 Å².